The molecule has 0 spiro atoms. The van der Waals surface area contributed by atoms with Crippen LogP contribution in [0.25, 0.3) is 22.5 Å². The fourth-order valence-electron chi connectivity index (χ4n) is 4.08. The third-order valence-electron chi connectivity index (χ3n) is 5.79. The van der Waals surface area contributed by atoms with E-state index in [2.05, 4.69) is 71.2 Å². The van der Waals surface area contributed by atoms with Gasteiger partial charge in [-0.15, -0.1) is 0 Å². The second-order valence-corrected chi connectivity index (χ2v) is 9.57. The molecule has 1 aliphatic rings. The van der Waals surface area contributed by atoms with Crippen molar-refractivity contribution in [2.75, 3.05) is 0 Å². The van der Waals surface area contributed by atoms with Crippen molar-refractivity contribution in [2.24, 2.45) is 4.99 Å². The summed E-state index contributed by atoms with van der Waals surface area (Å²) in [4.78, 5) is 17.9. The van der Waals surface area contributed by atoms with Gasteiger partial charge in [0.25, 0.3) is 5.91 Å². The highest BCUT2D eigenvalue weighted by Crippen LogP contribution is 2.32. The maximum Gasteiger partial charge on any atom is 0.264 e. The predicted octanol–water partition coefficient (Wildman–Crippen LogP) is 7.10. The molecule has 1 aliphatic heterocycles. The Kier molecular flexibility index (Phi) is 5.60. The van der Waals surface area contributed by atoms with Gasteiger partial charge in [-0.3, -0.25) is 4.79 Å². The minimum absolute atomic E-state index is 0.145. The van der Waals surface area contributed by atoms with E-state index in [0.717, 1.165) is 33.9 Å². The lowest BCUT2D eigenvalue weighted by molar-refractivity contribution is -0.115. The molecule has 4 aromatic rings. The monoisotopic (exact) mass is 471 g/mol. The minimum Gasteiger partial charge on any atom is -0.318 e. The Morgan fingerprint density at radius 2 is 1.76 bits per heavy atom. The van der Waals surface area contributed by atoms with Crippen LogP contribution in [0.15, 0.2) is 76.6 Å². The van der Waals surface area contributed by atoms with Crippen LogP contribution in [-0.2, 0) is 4.79 Å². The number of carbonyl (C=O) groups is 1. The summed E-state index contributed by atoms with van der Waals surface area (Å²) >= 11 is 7.45. The number of carbonyl (C=O) groups excluding carboxylic acids is 1. The Bertz CT molecular complexity index is 1480. The molecule has 0 saturated carbocycles. The molecule has 6 heteroatoms. The lowest BCUT2D eigenvalue weighted by Gasteiger charge is -2.11. The van der Waals surface area contributed by atoms with Crippen LogP contribution < -0.4 is 5.32 Å². The van der Waals surface area contributed by atoms with Gasteiger partial charge < -0.3 is 9.88 Å². The van der Waals surface area contributed by atoms with E-state index in [1.54, 1.807) is 6.07 Å². The highest BCUT2D eigenvalue weighted by molar-refractivity contribution is 8.18. The SMILES string of the molecule is Cc1ccc(Cl)cc1N=C1NC(=O)/C(=C/c2cc(C)n(-c3ccc4ccccc4c3)c2C)S1. The van der Waals surface area contributed by atoms with Crippen molar-refractivity contribution in [1.29, 1.82) is 0 Å². The van der Waals surface area contributed by atoms with Crippen molar-refractivity contribution < 1.29 is 4.79 Å². The first-order valence-electron chi connectivity index (χ1n) is 10.6. The van der Waals surface area contributed by atoms with E-state index >= 15 is 0 Å². The number of hydrogen-bond acceptors (Lipinski definition) is 3. The summed E-state index contributed by atoms with van der Waals surface area (Å²) in [5, 5.41) is 6.45. The summed E-state index contributed by atoms with van der Waals surface area (Å²) in [6.07, 6.45) is 1.94. The maximum absolute atomic E-state index is 12.6. The number of aryl methyl sites for hydroxylation is 2. The molecule has 1 saturated heterocycles. The minimum atomic E-state index is -0.145. The molecule has 164 valence electrons. The molecular weight excluding hydrogens is 450 g/mol. The lowest BCUT2D eigenvalue weighted by atomic mass is 10.1. The van der Waals surface area contributed by atoms with Gasteiger partial charge in [0.1, 0.15) is 0 Å². The molecule has 1 N–H and O–H groups in total. The van der Waals surface area contributed by atoms with Gasteiger partial charge in [-0.05, 0) is 90.8 Å². The zero-order valence-electron chi connectivity index (χ0n) is 18.5. The summed E-state index contributed by atoms with van der Waals surface area (Å²) < 4.78 is 2.22. The molecule has 1 aromatic heterocycles. The van der Waals surface area contributed by atoms with Crippen molar-refractivity contribution in [3.63, 3.8) is 0 Å². The number of aliphatic imine (C=N–C) groups is 1. The molecule has 0 aliphatic carbocycles. The molecule has 1 amide bonds. The molecule has 33 heavy (non-hydrogen) atoms. The third kappa shape index (κ3) is 4.22. The van der Waals surface area contributed by atoms with Gasteiger partial charge in [0, 0.05) is 22.1 Å². The molecule has 0 bridgehead atoms. The quantitative estimate of drug-likeness (QED) is 0.324. The van der Waals surface area contributed by atoms with Gasteiger partial charge in [0.15, 0.2) is 5.17 Å². The summed E-state index contributed by atoms with van der Waals surface area (Å²) in [5.74, 6) is -0.145. The molecule has 4 nitrogen and oxygen atoms in total. The van der Waals surface area contributed by atoms with Crippen molar-refractivity contribution in [2.45, 2.75) is 20.8 Å². The van der Waals surface area contributed by atoms with Crippen LogP contribution in [0.2, 0.25) is 5.02 Å². The highest BCUT2D eigenvalue weighted by atomic mass is 35.5. The van der Waals surface area contributed by atoms with Crippen LogP contribution >= 0.6 is 23.4 Å². The summed E-state index contributed by atoms with van der Waals surface area (Å²) in [7, 11) is 0. The van der Waals surface area contributed by atoms with Crippen molar-refractivity contribution in [1.82, 2.24) is 9.88 Å². The largest absolute Gasteiger partial charge is 0.318 e. The van der Waals surface area contributed by atoms with E-state index in [-0.39, 0.29) is 5.91 Å². The molecule has 3 aromatic carbocycles. The fraction of sp³-hybridized carbons (Fsp3) is 0.111. The third-order valence-corrected chi connectivity index (χ3v) is 6.94. The van der Waals surface area contributed by atoms with Gasteiger partial charge in [-0.25, -0.2) is 4.99 Å². The first kappa shape index (κ1) is 21.6. The Morgan fingerprint density at radius 1 is 0.970 bits per heavy atom. The standard InChI is InChI=1S/C27H22ClN3OS/c1-16-8-10-22(28)15-24(16)29-27-30-26(32)25(33-27)14-21-12-17(2)31(18(21)3)23-11-9-19-6-4-5-7-20(19)13-23/h4-15H,1-3H3,(H,29,30,32)/b25-14-. The van der Waals surface area contributed by atoms with Crippen LogP contribution in [0.4, 0.5) is 5.69 Å². The number of halogens is 1. The Labute approximate surface area is 202 Å². The first-order chi connectivity index (χ1) is 15.9. The normalized spacial score (nSPS) is 16.2. The van der Waals surface area contributed by atoms with E-state index in [9.17, 15) is 4.79 Å². The number of nitrogens with one attached hydrogen (secondary N) is 1. The zero-order valence-corrected chi connectivity index (χ0v) is 20.1. The number of nitrogens with zero attached hydrogens (tertiary/aromatic N) is 2. The number of thioether (sulfide) groups is 1. The van der Waals surface area contributed by atoms with Gasteiger partial charge in [-0.2, -0.15) is 0 Å². The molecular formula is C27H22ClN3OS. The lowest BCUT2D eigenvalue weighted by Crippen LogP contribution is -2.19. The summed E-state index contributed by atoms with van der Waals surface area (Å²) in [5.41, 5.74) is 6.06. The topological polar surface area (TPSA) is 46.4 Å². The van der Waals surface area contributed by atoms with E-state index < -0.39 is 0 Å². The number of rotatable bonds is 3. The van der Waals surface area contributed by atoms with Crippen LogP contribution in [0.3, 0.4) is 0 Å². The number of fused-ring (bicyclic) bond motifs is 1. The van der Waals surface area contributed by atoms with Crippen LogP contribution in [0.1, 0.15) is 22.5 Å². The molecule has 0 radical (unpaired) electrons. The van der Waals surface area contributed by atoms with Crippen LogP contribution in [0, 0.1) is 20.8 Å². The zero-order chi connectivity index (χ0) is 23.1. The first-order valence-corrected chi connectivity index (χ1v) is 11.8. The second-order valence-electron chi connectivity index (χ2n) is 8.11. The second kappa shape index (κ2) is 8.58. The fourth-order valence-corrected chi connectivity index (χ4v) is 5.07. The molecule has 0 atom stereocenters. The van der Waals surface area contributed by atoms with E-state index in [0.29, 0.717) is 15.1 Å². The smallest absolute Gasteiger partial charge is 0.264 e. The average Bonchev–Trinajstić information content (AvgIpc) is 3.28. The Hall–Kier alpha value is -3.28. The molecule has 1 fully saturated rings. The van der Waals surface area contributed by atoms with Crippen molar-refractivity contribution in [3.05, 3.63) is 99.2 Å². The summed E-state index contributed by atoms with van der Waals surface area (Å²) in [6, 6.07) is 22.5. The predicted molar refractivity (Wildman–Crippen MR) is 140 cm³/mol. The number of hydrogen-bond donors (Lipinski definition) is 1. The molecule has 0 unspecified atom stereocenters. The van der Waals surface area contributed by atoms with Crippen LogP contribution in [0.5, 0.6) is 0 Å². The summed E-state index contributed by atoms with van der Waals surface area (Å²) in [6.45, 7) is 6.13. The number of benzene rings is 3. The van der Waals surface area contributed by atoms with E-state index in [1.165, 1.54) is 22.5 Å². The van der Waals surface area contributed by atoms with Gasteiger partial charge >= 0.3 is 0 Å². The van der Waals surface area contributed by atoms with Crippen molar-refractivity contribution in [3.8, 4) is 5.69 Å². The van der Waals surface area contributed by atoms with Crippen molar-refractivity contribution >= 4 is 57.0 Å². The average molecular weight is 472 g/mol. The van der Waals surface area contributed by atoms with E-state index in [4.69, 9.17) is 11.6 Å². The number of aromatic nitrogens is 1. The van der Waals surface area contributed by atoms with E-state index in [1.807, 2.05) is 31.2 Å². The van der Waals surface area contributed by atoms with Gasteiger partial charge in [0.2, 0.25) is 0 Å². The number of amides is 1. The molecule has 5 rings (SSSR count). The molecule has 2 heterocycles. The maximum atomic E-state index is 12.6. The Balaban J connectivity index is 1.48. The Morgan fingerprint density at radius 3 is 2.58 bits per heavy atom. The number of amidine groups is 1. The van der Waals surface area contributed by atoms with Crippen LogP contribution in [-0.4, -0.2) is 15.6 Å². The van der Waals surface area contributed by atoms with Gasteiger partial charge in [0.05, 0.1) is 10.6 Å². The highest BCUT2D eigenvalue weighted by Gasteiger charge is 2.25. The van der Waals surface area contributed by atoms with Gasteiger partial charge in [-0.1, -0.05) is 48.0 Å².